The van der Waals surface area contributed by atoms with Gasteiger partial charge in [-0.15, -0.1) is 0 Å². The number of benzene rings is 2. The number of nitrogens with one attached hydrogen (secondary N) is 2. The fourth-order valence-corrected chi connectivity index (χ4v) is 5.87. The number of likely N-dealkylation sites (tertiary alicyclic amines) is 1. The average Bonchev–Trinajstić information content (AvgIpc) is 3.00. The normalized spacial score (nSPS) is 22.8. The van der Waals surface area contributed by atoms with Gasteiger partial charge in [0.2, 0.25) is 10.8 Å². The molecular formula is C23H25ClFN3O3S. The van der Waals surface area contributed by atoms with Crippen molar-refractivity contribution in [1.29, 1.82) is 0 Å². The second-order valence-electron chi connectivity index (χ2n) is 8.88. The highest BCUT2D eigenvalue weighted by molar-refractivity contribution is 7.92. The summed E-state index contributed by atoms with van der Waals surface area (Å²) in [6.07, 6.45) is 4.50. The number of carbonyl (C=O) groups excluding carboxylic acids is 1. The molecule has 1 amide bonds. The van der Waals surface area contributed by atoms with Crippen LogP contribution in [0, 0.1) is 5.82 Å². The zero-order valence-corrected chi connectivity index (χ0v) is 19.3. The van der Waals surface area contributed by atoms with E-state index in [9.17, 15) is 13.7 Å². The first-order chi connectivity index (χ1) is 15.4. The minimum atomic E-state index is -1.84. The van der Waals surface area contributed by atoms with E-state index in [-0.39, 0.29) is 21.9 Å². The first kappa shape index (κ1) is 21.8. The molecule has 2 atom stereocenters. The van der Waals surface area contributed by atoms with Gasteiger partial charge in [0.15, 0.2) is 5.82 Å². The fraction of sp³-hybridized carbons (Fsp3) is 0.435. The van der Waals surface area contributed by atoms with Crippen molar-refractivity contribution in [2.24, 2.45) is 0 Å². The molecular weight excluding hydrogens is 453 g/mol. The largest absolute Gasteiger partial charge is 0.588 e. The van der Waals surface area contributed by atoms with Crippen LogP contribution >= 0.6 is 11.6 Å². The van der Waals surface area contributed by atoms with E-state index in [1.807, 2.05) is 6.07 Å². The van der Waals surface area contributed by atoms with Crippen molar-refractivity contribution in [2.45, 2.75) is 48.5 Å². The Kier molecular flexibility index (Phi) is 5.73. The van der Waals surface area contributed by atoms with Crippen LogP contribution < -0.4 is 14.8 Å². The van der Waals surface area contributed by atoms with Crippen LogP contribution in [0.4, 0.5) is 15.8 Å². The average molecular weight is 478 g/mol. The van der Waals surface area contributed by atoms with Crippen LogP contribution in [-0.2, 0) is 21.6 Å². The molecule has 3 aliphatic rings. The molecule has 32 heavy (non-hydrogen) atoms. The molecule has 0 radical (unpaired) electrons. The molecule has 2 fully saturated rings. The maximum atomic E-state index is 14.3. The Hall–Kier alpha value is -2.00. The summed E-state index contributed by atoms with van der Waals surface area (Å²) in [6, 6.07) is 7.64. The van der Waals surface area contributed by atoms with Crippen molar-refractivity contribution < 1.29 is 18.5 Å². The van der Waals surface area contributed by atoms with Crippen LogP contribution in [0.2, 0.25) is 5.02 Å². The topological polar surface area (TPSA) is 76.7 Å². The number of halogens is 2. The fourth-order valence-electron chi connectivity index (χ4n) is 4.84. The van der Waals surface area contributed by atoms with Crippen molar-refractivity contribution >= 4 is 40.2 Å². The van der Waals surface area contributed by atoms with Crippen molar-refractivity contribution in [3.05, 3.63) is 46.7 Å². The molecule has 170 valence electrons. The molecule has 2 heterocycles. The number of ether oxygens (including phenoxy) is 1. The molecule has 1 spiro atoms. The molecule has 2 N–H and O–H groups in total. The van der Waals surface area contributed by atoms with Gasteiger partial charge < -0.3 is 19.5 Å². The molecule has 1 saturated heterocycles. The van der Waals surface area contributed by atoms with Crippen LogP contribution in [0.25, 0.3) is 0 Å². The molecule has 0 aromatic heterocycles. The first-order valence-corrected chi connectivity index (χ1v) is 12.4. The lowest BCUT2D eigenvalue weighted by molar-refractivity contribution is -0.123. The number of hydrogen-bond acceptors (Lipinski definition) is 5. The number of nitrogens with zero attached hydrogens (tertiary/aromatic N) is 1. The molecule has 0 bridgehead atoms. The van der Waals surface area contributed by atoms with E-state index in [0.29, 0.717) is 17.1 Å². The monoisotopic (exact) mass is 477 g/mol. The molecule has 1 saturated carbocycles. The number of fused-ring (bicyclic) bond motifs is 2. The maximum absolute atomic E-state index is 14.3. The van der Waals surface area contributed by atoms with Gasteiger partial charge in [-0.25, -0.2) is 9.11 Å². The summed E-state index contributed by atoms with van der Waals surface area (Å²) in [5.41, 5.74) is 1.54. The number of piperidine rings is 1. The minimum Gasteiger partial charge on any atom is -0.588 e. The van der Waals surface area contributed by atoms with Crippen molar-refractivity contribution in [3.8, 4) is 5.75 Å². The summed E-state index contributed by atoms with van der Waals surface area (Å²) in [7, 11) is 2.06. The van der Waals surface area contributed by atoms with Gasteiger partial charge in [0.1, 0.15) is 23.2 Å². The van der Waals surface area contributed by atoms with Crippen LogP contribution in [0.5, 0.6) is 5.75 Å². The Morgan fingerprint density at radius 3 is 2.81 bits per heavy atom. The summed E-state index contributed by atoms with van der Waals surface area (Å²) < 4.78 is 36.4. The Morgan fingerprint density at radius 2 is 2.12 bits per heavy atom. The molecule has 2 aromatic carbocycles. The summed E-state index contributed by atoms with van der Waals surface area (Å²) in [4.78, 5) is 15.1. The molecule has 2 aromatic rings. The second-order valence-corrected chi connectivity index (χ2v) is 10.5. The zero-order valence-electron chi connectivity index (χ0n) is 17.7. The van der Waals surface area contributed by atoms with E-state index in [4.69, 9.17) is 16.3 Å². The predicted octanol–water partition coefficient (Wildman–Crippen LogP) is 4.46. The maximum Gasteiger partial charge on any atom is 0.235 e. The molecule has 6 nitrogen and oxygen atoms in total. The molecule has 1 aliphatic carbocycles. The van der Waals surface area contributed by atoms with Crippen LogP contribution in [0.15, 0.2) is 35.2 Å². The Balaban J connectivity index is 1.48. The summed E-state index contributed by atoms with van der Waals surface area (Å²) in [5, 5.41) is 3.27. The lowest BCUT2D eigenvalue weighted by Crippen LogP contribution is -2.40. The number of amides is 1. The van der Waals surface area contributed by atoms with Gasteiger partial charge in [0, 0.05) is 23.7 Å². The lowest BCUT2D eigenvalue weighted by atomic mass is 9.65. The van der Waals surface area contributed by atoms with Crippen molar-refractivity contribution in [3.63, 3.8) is 0 Å². The highest BCUT2D eigenvalue weighted by Gasteiger charge is 2.52. The number of likely N-dealkylation sites (N-methyl/N-ethyl adjacent to an activating group) is 1. The van der Waals surface area contributed by atoms with E-state index in [2.05, 4.69) is 22.0 Å². The predicted molar refractivity (Wildman–Crippen MR) is 123 cm³/mol. The van der Waals surface area contributed by atoms with Gasteiger partial charge in [-0.3, -0.25) is 4.79 Å². The third-order valence-electron chi connectivity index (χ3n) is 6.68. The highest BCUT2D eigenvalue weighted by Crippen LogP contribution is 2.54. The third-order valence-corrected chi connectivity index (χ3v) is 8.06. The SMILES string of the molecule is CN1CCCC(Oc2cc(N[S@@+]([O-])c3ccc(Cl)cc3F)cc3c2NC(=O)C32CCC2)C1. The molecule has 9 heteroatoms. The summed E-state index contributed by atoms with van der Waals surface area (Å²) in [6.45, 7) is 1.83. The number of carbonyl (C=O) groups is 1. The van der Waals surface area contributed by atoms with E-state index < -0.39 is 22.6 Å². The Labute approximate surface area is 194 Å². The quantitative estimate of drug-likeness (QED) is 0.622. The van der Waals surface area contributed by atoms with Crippen LogP contribution in [-0.4, -0.2) is 41.6 Å². The number of rotatable bonds is 5. The Bertz CT molecular complexity index is 1070. The zero-order chi connectivity index (χ0) is 22.5. The Morgan fingerprint density at radius 1 is 1.31 bits per heavy atom. The second kappa shape index (κ2) is 8.41. The third kappa shape index (κ3) is 3.83. The van der Waals surface area contributed by atoms with E-state index in [1.165, 1.54) is 12.1 Å². The van der Waals surface area contributed by atoms with E-state index in [1.54, 1.807) is 6.07 Å². The van der Waals surface area contributed by atoms with Gasteiger partial charge >= 0.3 is 0 Å². The summed E-state index contributed by atoms with van der Waals surface area (Å²) >= 11 is 3.98. The van der Waals surface area contributed by atoms with Crippen LogP contribution in [0.1, 0.15) is 37.7 Å². The molecule has 5 rings (SSSR count). The number of anilines is 2. The molecule has 1 unspecified atom stereocenters. The van der Waals surface area contributed by atoms with Gasteiger partial charge in [0.25, 0.3) is 0 Å². The van der Waals surface area contributed by atoms with Crippen molar-refractivity contribution in [2.75, 3.05) is 30.2 Å². The van der Waals surface area contributed by atoms with Crippen molar-refractivity contribution in [1.82, 2.24) is 4.90 Å². The number of hydrogen-bond donors (Lipinski definition) is 2. The first-order valence-electron chi connectivity index (χ1n) is 10.8. The summed E-state index contributed by atoms with van der Waals surface area (Å²) in [5.74, 6) is -0.0825. The van der Waals surface area contributed by atoms with E-state index >= 15 is 0 Å². The standard InChI is InChI=1S/C23H25ClFN3O3S/c1-28-9-2-4-16(13-28)31-19-12-15(27-32(30)20-6-5-14(24)10-18(20)25)11-17-21(19)26-22(29)23(17)7-3-8-23/h5-6,10-12,16,27H,2-4,7-9,13H2,1H3,(H,26,29)/t16?,32-/m0/s1. The highest BCUT2D eigenvalue weighted by atomic mass is 35.5. The van der Waals surface area contributed by atoms with Gasteiger partial charge in [0.05, 0.1) is 16.8 Å². The van der Waals surface area contributed by atoms with Gasteiger partial charge in [-0.05, 0) is 63.0 Å². The molecule has 2 aliphatic heterocycles. The van der Waals surface area contributed by atoms with Gasteiger partial charge in [-0.1, -0.05) is 18.0 Å². The minimum absolute atomic E-state index is 0.00199. The lowest BCUT2D eigenvalue weighted by Gasteiger charge is -2.36. The van der Waals surface area contributed by atoms with Crippen LogP contribution in [0.3, 0.4) is 0 Å². The van der Waals surface area contributed by atoms with E-state index in [0.717, 1.165) is 56.8 Å². The van der Waals surface area contributed by atoms with Gasteiger partial charge in [-0.2, -0.15) is 0 Å². The smallest absolute Gasteiger partial charge is 0.235 e.